The molecule has 0 bridgehead atoms. The number of aliphatic hydroxyl groups excluding tert-OH is 1. The van der Waals surface area contributed by atoms with E-state index in [0.29, 0.717) is 44.9 Å². The molecule has 1 atom stereocenters. The fraction of sp³-hybridized carbons (Fsp3) is 0.531. The number of nitrogens with zero attached hydrogens (tertiary/aromatic N) is 5. The van der Waals surface area contributed by atoms with E-state index in [0.717, 1.165) is 68.2 Å². The molecule has 6 rings (SSSR count). The Balaban J connectivity index is 1.24. The van der Waals surface area contributed by atoms with E-state index >= 15 is 0 Å². The summed E-state index contributed by atoms with van der Waals surface area (Å²) in [4.78, 5) is 29.4. The van der Waals surface area contributed by atoms with Crippen LogP contribution in [0, 0.1) is 0 Å². The number of halogens is 4. The van der Waals surface area contributed by atoms with Crippen LogP contribution in [-0.4, -0.2) is 100 Å². The molecule has 0 aliphatic carbocycles. The average Bonchev–Trinajstić information content (AvgIpc) is 3.77. The third kappa shape index (κ3) is 8.22. The molecule has 3 aromatic rings. The molecule has 1 unspecified atom stereocenters. The maximum Gasteiger partial charge on any atom is 0.416 e. The van der Waals surface area contributed by atoms with Crippen LogP contribution in [0.15, 0.2) is 34.1 Å². The number of rotatable bonds is 10. The first-order chi connectivity index (χ1) is 23.2. The SMILES string of the molecule is CS(=O)(=O)N1CCc2c(c(-c3ccc(C(F)(F)F)c(CNC(=O)c4ccc(Br)s4)c3)nn2CC(O)CN2CCC(N3CCCC3=O)CC2)C1. The van der Waals surface area contributed by atoms with Crippen molar-refractivity contribution >= 4 is 49.1 Å². The van der Waals surface area contributed by atoms with Crippen LogP contribution in [0.1, 0.15) is 57.7 Å². The number of sulfonamides is 1. The molecule has 17 heteroatoms. The number of likely N-dealkylation sites (tertiary alicyclic amines) is 2. The summed E-state index contributed by atoms with van der Waals surface area (Å²) in [5.41, 5.74) is 0.899. The Bertz CT molecular complexity index is 1820. The summed E-state index contributed by atoms with van der Waals surface area (Å²) in [6, 6.07) is 7.08. The van der Waals surface area contributed by atoms with Gasteiger partial charge in [-0.25, -0.2) is 8.42 Å². The molecule has 1 aromatic carbocycles. The summed E-state index contributed by atoms with van der Waals surface area (Å²) in [5, 5.41) is 18.5. The van der Waals surface area contributed by atoms with Crippen molar-refractivity contribution in [1.29, 1.82) is 0 Å². The van der Waals surface area contributed by atoms with Gasteiger partial charge in [-0.3, -0.25) is 14.3 Å². The van der Waals surface area contributed by atoms with Gasteiger partial charge in [-0.05, 0) is 65.0 Å². The number of thiophene rings is 1. The van der Waals surface area contributed by atoms with Crippen molar-refractivity contribution in [2.45, 2.75) is 70.1 Å². The highest BCUT2D eigenvalue weighted by Gasteiger charge is 2.36. The van der Waals surface area contributed by atoms with E-state index in [1.807, 2.05) is 4.90 Å². The van der Waals surface area contributed by atoms with Crippen molar-refractivity contribution in [1.82, 2.24) is 29.2 Å². The molecule has 2 saturated heterocycles. The van der Waals surface area contributed by atoms with Crippen molar-refractivity contribution in [3.63, 3.8) is 0 Å². The smallest absolute Gasteiger partial charge is 0.390 e. The zero-order chi connectivity index (χ0) is 35.1. The van der Waals surface area contributed by atoms with Crippen LogP contribution in [0.4, 0.5) is 13.2 Å². The molecule has 0 radical (unpaired) electrons. The molecule has 2 aromatic heterocycles. The van der Waals surface area contributed by atoms with Crippen LogP contribution >= 0.6 is 27.3 Å². The van der Waals surface area contributed by atoms with E-state index in [9.17, 15) is 36.3 Å². The van der Waals surface area contributed by atoms with Crippen LogP contribution in [-0.2, 0) is 47.0 Å². The first-order valence-electron chi connectivity index (χ1n) is 16.1. The minimum absolute atomic E-state index is 0.0112. The molecular weight excluding hydrogens is 749 g/mol. The van der Waals surface area contributed by atoms with Crippen molar-refractivity contribution in [3.8, 4) is 11.3 Å². The molecule has 49 heavy (non-hydrogen) atoms. The van der Waals surface area contributed by atoms with E-state index in [-0.39, 0.29) is 37.1 Å². The minimum Gasteiger partial charge on any atom is -0.390 e. The number of hydrogen-bond donors (Lipinski definition) is 2. The quantitative estimate of drug-likeness (QED) is 0.317. The predicted octanol–water partition coefficient (Wildman–Crippen LogP) is 4.09. The molecule has 0 spiro atoms. The zero-order valence-electron chi connectivity index (χ0n) is 26.9. The Hall–Kier alpha value is -2.83. The molecule has 2 N–H and O–H groups in total. The Morgan fingerprint density at radius 1 is 1.12 bits per heavy atom. The second-order valence-corrected chi connectivity index (χ2v) is 17.3. The predicted molar refractivity (Wildman–Crippen MR) is 181 cm³/mol. The van der Waals surface area contributed by atoms with Crippen LogP contribution in [0.3, 0.4) is 0 Å². The first-order valence-corrected chi connectivity index (χ1v) is 19.6. The summed E-state index contributed by atoms with van der Waals surface area (Å²) >= 11 is 4.44. The van der Waals surface area contributed by atoms with Crippen molar-refractivity contribution in [2.75, 3.05) is 39.0 Å². The average molecular weight is 788 g/mol. The van der Waals surface area contributed by atoms with Crippen LogP contribution in [0.5, 0.6) is 0 Å². The summed E-state index contributed by atoms with van der Waals surface area (Å²) in [5.74, 6) is -0.300. The van der Waals surface area contributed by atoms with E-state index in [1.54, 1.807) is 16.8 Å². The van der Waals surface area contributed by atoms with Gasteiger partial charge in [0.2, 0.25) is 15.9 Å². The molecule has 3 aliphatic rings. The number of hydrogen-bond acceptors (Lipinski definition) is 8. The monoisotopic (exact) mass is 786 g/mol. The number of carbonyl (C=O) groups is 2. The lowest BCUT2D eigenvalue weighted by atomic mass is 9.97. The maximum absolute atomic E-state index is 14.1. The molecule has 5 heterocycles. The fourth-order valence-corrected chi connectivity index (χ4v) is 9.11. The third-order valence-corrected chi connectivity index (χ3v) is 12.3. The number of nitrogens with one attached hydrogen (secondary N) is 1. The van der Waals surface area contributed by atoms with Gasteiger partial charge >= 0.3 is 6.18 Å². The molecule has 3 aliphatic heterocycles. The fourth-order valence-electron chi connectivity index (χ4n) is 7.02. The van der Waals surface area contributed by atoms with Gasteiger partial charge in [-0.2, -0.15) is 22.6 Å². The number of amides is 2. The van der Waals surface area contributed by atoms with E-state index < -0.39 is 40.3 Å². The Morgan fingerprint density at radius 2 is 1.88 bits per heavy atom. The third-order valence-electron chi connectivity index (χ3n) is 9.45. The van der Waals surface area contributed by atoms with Gasteiger partial charge in [0, 0.05) is 81.5 Å². The highest BCUT2D eigenvalue weighted by molar-refractivity contribution is 9.11. The van der Waals surface area contributed by atoms with E-state index in [1.165, 1.54) is 16.4 Å². The van der Waals surface area contributed by atoms with Crippen LogP contribution in [0.25, 0.3) is 11.3 Å². The number of benzene rings is 1. The number of β-amino-alcohol motifs (C(OH)–C–C–N with tert-alkyl or cyclic N) is 1. The standard InChI is InChI=1S/C32H38BrF3N6O5S2/c1-49(46,47)40-14-10-26-24(19-40)30(38-42(26)18-23(43)17-39-12-8-22(9-13-39)41-11-2-3-29(41)44)20-4-5-25(32(34,35)36)21(15-20)16-37-31(45)27-6-7-28(33)48-27/h4-7,15,22-23,43H,2-3,8-14,16-19H2,1H3,(H,37,45). The Morgan fingerprint density at radius 3 is 2.51 bits per heavy atom. The highest BCUT2D eigenvalue weighted by atomic mass is 79.9. The topological polar surface area (TPSA) is 128 Å². The first kappa shape index (κ1) is 36.0. The zero-order valence-corrected chi connectivity index (χ0v) is 30.1. The number of piperidine rings is 1. The van der Waals surface area contributed by atoms with Crippen molar-refractivity contribution < 1.29 is 36.3 Å². The van der Waals surface area contributed by atoms with Gasteiger partial charge < -0.3 is 20.2 Å². The van der Waals surface area contributed by atoms with Gasteiger partial charge in [0.05, 0.1) is 38.8 Å². The molecular formula is C32H38BrF3N6O5S2. The van der Waals surface area contributed by atoms with Crippen molar-refractivity contribution in [3.05, 3.63) is 61.4 Å². The summed E-state index contributed by atoms with van der Waals surface area (Å²) in [6.45, 7) is 2.59. The number of aliphatic hydroxyl groups is 1. The normalized spacial score (nSPS) is 19.0. The number of alkyl halides is 3. The molecule has 2 amide bonds. The summed E-state index contributed by atoms with van der Waals surface area (Å²) < 4.78 is 71.0. The lowest BCUT2D eigenvalue weighted by Crippen LogP contribution is -2.47. The lowest BCUT2D eigenvalue weighted by Gasteiger charge is -2.37. The van der Waals surface area contributed by atoms with Gasteiger partial charge in [0.1, 0.15) is 0 Å². The number of fused-ring (bicyclic) bond motifs is 1. The van der Waals surface area contributed by atoms with Crippen LogP contribution < -0.4 is 5.32 Å². The van der Waals surface area contributed by atoms with Crippen LogP contribution in [0.2, 0.25) is 0 Å². The molecule has 0 saturated carbocycles. The highest BCUT2D eigenvalue weighted by Crippen LogP contribution is 2.37. The van der Waals surface area contributed by atoms with Gasteiger partial charge in [0.15, 0.2) is 0 Å². The van der Waals surface area contributed by atoms with E-state index in [4.69, 9.17) is 5.10 Å². The molecule has 2 fully saturated rings. The van der Waals surface area contributed by atoms with E-state index in [2.05, 4.69) is 26.1 Å². The van der Waals surface area contributed by atoms with Gasteiger partial charge in [-0.15, -0.1) is 11.3 Å². The second-order valence-electron chi connectivity index (χ2n) is 12.8. The number of carbonyl (C=O) groups excluding carboxylic acids is 2. The Kier molecular flexibility index (Phi) is 10.6. The van der Waals surface area contributed by atoms with Gasteiger partial charge in [0.25, 0.3) is 5.91 Å². The molecule has 266 valence electrons. The number of aromatic nitrogens is 2. The molecule has 11 nitrogen and oxygen atoms in total. The van der Waals surface area contributed by atoms with Crippen molar-refractivity contribution in [2.24, 2.45) is 0 Å². The Labute approximate surface area is 295 Å². The summed E-state index contributed by atoms with van der Waals surface area (Å²) in [6.07, 6.45) is -0.893. The maximum atomic E-state index is 14.1. The largest absolute Gasteiger partial charge is 0.416 e. The second kappa shape index (κ2) is 14.4. The lowest BCUT2D eigenvalue weighted by molar-refractivity contribution is -0.138. The van der Waals surface area contributed by atoms with Gasteiger partial charge in [-0.1, -0.05) is 6.07 Å². The summed E-state index contributed by atoms with van der Waals surface area (Å²) in [7, 11) is -3.57. The minimum atomic E-state index is -4.68.